The zero-order chi connectivity index (χ0) is 23.3. The molecule has 0 bridgehead atoms. The standard InChI is InChI=1S/C23H30N4O3S2/c1-4-9-26-20(25-10-6-7-11-25)17(16(3)18(15-24)21(26)28)14-19-22(29)27(23(31)32-19)12-8-13-30-5-2/h14H,4-13H2,1-3H3/b19-14+. The van der Waals surface area contributed by atoms with Crippen LogP contribution >= 0.6 is 24.0 Å². The zero-order valence-electron chi connectivity index (χ0n) is 19.0. The Balaban J connectivity index is 2.07. The van der Waals surface area contributed by atoms with Crippen LogP contribution in [0.2, 0.25) is 0 Å². The summed E-state index contributed by atoms with van der Waals surface area (Å²) < 4.78 is 7.62. The number of nitriles is 1. The normalized spacial score (nSPS) is 17.6. The van der Waals surface area contributed by atoms with Crippen LogP contribution in [0, 0.1) is 18.3 Å². The van der Waals surface area contributed by atoms with Crippen LogP contribution in [0.1, 0.15) is 56.2 Å². The molecular formula is C23H30N4O3S2. The van der Waals surface area contributed by atoms with E-state index >= 15 is 0 Å². The Morgan fingerprint density at radius 2 is 1.94 bits per heavy atom. The summed E-state index contributed by atoms with van der Waals surface area (Å²) in [6.45, 7) is 9.72. The van der Waals surface area contributed by atoms with Gasteiger partial charge in [-0.3, -0.25) is 19.1 Å². The molecule has 0 unspecified atom stereocenters. The highest BCUT2D eigenvalue weighted by Gasteiger charge is 2.33. The number of ether oxygens (including phenoxy) is 1. The molecule has 9 heteroatoms. The van der Waals surface area contributed by atoms with E-state index < -0.39 is 0 Å². The first-order valence-electron chi connectivity index (χ1n) is 11.2. The number of carbonyl (C=O) groups is 1. The first-order valence-corrected chi connectivity index (χ1v) is 12.4. The molecule has 32 heavy (non-hydrogen) atoms. The molecule has 2 aliphatic heterocycles. The molecule has 3 heterocycles. The van der Waals surface area contributed by atoms with Crippen LogP contribution in [0.4, 0.5) is 5.82 Å². The second-order valence-electron chi connectivity index (χ2n) is 7.88. The monoisotopic (exact) mass is 474 g/mol. The lowest BCUT2D eigenvalue weighted by molar-refractivity contribution is -0.122. The van der Waals surface area contributed by atoms with Gasteiger partial charge in [-0.05, 0) is 51.2 Å². The van der Waals surface area contributed by atoms with Crippen LogP contribution in [0.15, 0.2) is 9.70 Å². The van der Waals surface area contributed by atoms with E-state index in [1.807, 2.05) is 19.9 Å². The van der Waals surface area contributed by atoms with Gasteiger partial charge in [0.25, 0.3) is 11.5 Å². The Hall–Kier alpha value is -2.15. The fourth-order valence-corrected chi connectivity index (χ4v) is 5.43. The van der Waals surface area contributed by atoms with Gasteiger partial charge < -0.3 is 9.64 Å². The molecule has 2 saturated heterocycles. The highest BCUT2D eigenvalue weighted by Crippen LogP contribution is 2.36. The summed E-state index contributed by atoms with van der Waals surface area (Å²) in [5.74, 6) is 0.683. The van der Waals surface area contributed by atoms with Gasteiger partial charge in [0.05, 0.1) is 4.91 Å². The molecule has 1 aromatic heterocycles. The molecular weight excluding hydrogens is 444 g/mol. The molecule has 2 fully saturated rings. The van der Waals surface area contributed by atoms with Crippen LogP contribution in [0.25, 0.3) is 6.08 Å². The van der Waals surface area contributed by atoms with Crippen molar-refractivity contribution in [2.24, 2.45) is 0 Å². The van der Waals surface area contributed by atoms with Crippen LogP contribution in [-0.4, -0.2) is 52.5 Å². The molecule has 1 aromatic rings. The number of aromatic nitrogens is 1. The van der Waals surface area contributed by atoms with Gasteiger partial charge in [-0.15, -0.1) is 0 Å². The van der Waals surface area contributed by atoms with Crippen LogP contribution < -0.4 is 10.5 Å². The van der Waals surface area contributed by atoms with Crippen molar-refractivity contribution in [2.45, 2.75) is 53.0 Å². The van der Waals surface area contributed by atoms with Crippen molar-refractivity contribution in [1.82, 2.24) is 9.47 Å². The highest BCUT2D eigenvalue weighted by atomic mass is 32.2. The number of hydrogen-bond donors (Lipinski definition) is 0. The number of anilines is 1. The average molecular weight is 475 g/mol. The summed E-state index contributed by atoms with van der Waals surface area (Å²) in [5, 5.41) is 9.70. The van der Waals surface area contributed by atoms with E-state index in [9.17, 15) is 14.9 Å². The number of rotatable bonds is 9. The predicted octanol–water partition coefficient (Wildman–Crippen LogP) is 3.67. The third kappa shape index (κ3) is 4.92. The minimum atomic E-state index is -0.255. The van der Waals surface area contributed by atoms with Gasteiger partial charge in [-0.1, -0.05) is 30.9 Å². The number of thiocarbonyl (C=S) groups is 1. The Kier molecular flexibility index (Phi) is 8.51. The van der Waals surface area contributed by atoms with Crippen molar-refractivity contribution in [2.75, 3.05) is 37.7 Å². The summed E-state index contributed by atoms with van der Waals surface area (Å²) in [7, 11) is 0. The lowest BCUT2D eigenvalue weighted by Crippen LogP contribution is -2.33. The molecule has 1 amide bonds. The number of hydrogen-bond acceptors (Lipinski definition) is 7. The second-order valence-corrected chi connectivity index (χ2v) is 9.56. The van der Waals surface area contributed by atoms with Gasteiger partial charge in [0.2, 0.25) is 0 Å². The molecule has 7 nitrogen and oxygen atoms in total. The van der Waals surface area contributed by atoms with Crippen molar-refractivity contribution in [1.29, 1.82) is 5.26 Å². The molecule has 0 aromatic carbocycles. The second kappa shape index (κ2) is 11.1. The summed E-state index contributed by atoms with van der Waals surface area (Å²) in [5.41, 5.74) is 1.27. The number of nitrogens with zero attached hydrogens (tertiary/aromatic N) is 4. The molecule has 2 aliphatic rings. The lowest BCUT2D eigenvalue weighted by Gasteiger charge is -2.26. The maximum Gasteiger partial charge on any atom is 0.270 e. The van der Waals surface area contributed by atoms with E-state index in [1.54, 1.807) is 16.4 Å². The first-order chi connectivity index (χ1) is 15.4. The van der Waals surface area contributed by atoms with E-state index in [2.05, 4.69) is 11.0 Å². The van der Waals surface area contributed by atoms with E-state index in [1.165, 1.54) is 11.8 Å². The van der Waals surface area contributed by atoms with Crippen molar-refractivity contribution in [3.63, 3.8) is 0 Å². The predicted molar refractivity (Wildman–Crippen MR) is 133 cm³/mol. The quantitative estimate of drug-likeness (QED) is 0.307. The van der Waals surface area contributed by atoms with Crippen LogP contribution in [-0.2, 0) is 16.1 Å². The Bertz CT molecular complexity index is 1020. The molecule has 3 rings (SSSR count). The molecule has 0 radical (unpaired) electrons. The molecule has 0 saturated carbocycles. The minimum Gasteiger partial charge on any atom is -0.382 e. The van der Waals surface area contributed by atoms with Crippen molar-refractivity contribution in [3.8, 4) is 6.07 Å². The minimum absolute atomic E-state index is 0.130. The maximum absolute atomic E-state index is 13.1. The number of carbonyl (C=O) groups excluding carboxylic acids is 1. The molecule has 0 spiro atoms. The van der Waals surface area contributed by atoms with Gasteiger partial charge in [0.15, 0.2) is 0 Å². The Morgan fingerprint density at radius 3 is 2.56 bits per heavy atom. The topological polar surface area (TPSA) is 78.6 Å². The van der Waals surface area contributed by atoms with Gasteiger partial charge in [0.1, 0.15) is 21.8 Å². The van der Waals surface area contributed by atoms with Gasteiger partial charge >= 0.3 is 0 Å². The number of amides is 1. The zero-order valence-corrected chi connectivity index (χ0v) is 20.6. The molecule has 0 N–H and O–H groups in total. The summed E-state index contributed by atoms with van der Waals surface area (Å²) in [6, 6.07) is 2.09. The van der Waals surface area contributed by atoms with E-state index in [0.29, 0.717) is 47.5 Å². The van der Waals surface area contributed by atoms with Gasteiger partial charge in [0, 0.05) is 45.0 Å². The van der Waals surface area contributed by atoms with Crippen LogP contribution in [0.5, 0.6) is 0 Å². The summed E-state index contributed by atoms with van der Waals surface area (Å²) in [4.78, 5) is 30.6. The van der Waals surface area contributed by atoms with E-state index in [4.69, 9.17) is 17.0 Å². The third-order valence-electron chi connectivity index (χ3n) is 5.72. The maximum atomic E-state index is 13.1. The Labute approximate surface area is 199 Å². The fraction of sp³-hybridized carbons (Fsp3) is 0.565. The molecule has 172 valence electrons. The van der Waals surface area contributed by atoms with E-state index in [0.717, 1.165) is 43.7 Å². The lowest BCUT2D eigenvalue weighted by atomic mass is 10.0. The molecule has 0 aliphatic carbocycles. The average Bonchev–Trinajstić information content (AvgIpc) is 3.39. The summed E-state index contributed by atoms with van der Waals surface area (Å²) >= 11 is 6.74. The van der Waals surface area contributed by atoms with Crippen molar-refractivity contribution in [3.05, 3.63) is 31.9 Å². The van der Waals surface area contributed by atoms with E-state index in [-0.39, 0.29) is 17.0 Å². The van der Waals surface area contributed by atoms with Gasteiger partial charge in [-0.25, -0.2) is 0 Å². The SMILES string of the molecule is CCCn1c(N2CCCC2)c(/C=C2/SC(=S)N(CCCOCC)C2=O)c(C)c(C#N)c1=O. The largest absolute Gasteiger partial charge is 0.382 e. The smallest absolute Gasteiger partial charge is 0.270 e. The highest BCUT2D eigenvalue weighted by molar-refractivity contribution is 8.26. The molecule has 0 atom stereocenters. The Morgan fingerprint density at radius 1 is 1.22 bits per heavy atom. The third-order valence-corrected chi connectivity index (χ3v) is 7.10. The fourth-order valence-electron chi connectivity index (χ4n) is 4.14. The van der Waals surface area contributed by atoms with Crippen LogP contribution in [0.3, 0.4) is 0 Å². The van der Waals surface area contributed by atoms with Gasteiger partial charge in [-0.2, -0.15) is 5.26 Å². The van der Waals surface area contributed by atoms with Crippen molar-refractivity contribution >= 4 is 46.1 Å². The summed E-state index contributed by atoms with van der Waals surface area (Å²) in [6.07, 6.45) is 5.43. The first kappa shape index (κ1) is 24.5. The number of thioether (sulfide) groups is 1. The number of pyridine rings is 1. The van der Waals surface area contributed by atoms with Crippen molar-refractivity contribution < 1.29 is 9.53 Å².